The third-order valence-corrected chi connectivity index (χ3v) is 0.0745. The van der Waals surface area contributed by atoms with Crippen molar-refractivity contribution in [2.24, 2.45) is 0 Å². The summed E-state index contributed by atoms with van der Waals surface area (Å²) >= 11 is 0. The van der Waals surface area contributed by atoms with E-state index in [0.29, 0.717) is 0 Å². The molecule has 0 aromatic carbocycles. The van der Waals surface area contributed by atoms with Gasteiger partial charge in [0.05, 0.1) is 0 Å². The maximum absolute atomic E-state index is 7.31. The van der Waals surface area contributed by atoms with Gasteiger partial charge in [0, 0.05) is 0 Å². The molecule has 0 amide bonds. The van der Waals surface area contributed by atoms with Gasteiger partial charge in [-0.2, -0.15) is 0 Å². The molecule has 1 N–H and O–H groups in total. The van der Waals surface area contributed by atoms with Crippen LogP contribution in [0.1, 0.15) is 0 Å². The molecule has 0 aliphatic carbocycles. The first kappa shape index (κ1) is 4.21. The zero-order valence-corrected chi connectivity index (χ0v) is 2.21. The maximum Gasteiger partial charge on any atom is 0.328 e. The molecule has 0 bridgehead atoms. The fraction of sp³-hybridized carbons (Fsp3) is 0. The largest absolute Gasteiger partial charge is 0.328 e. The molecular formula is CHNO3. The third kappa shape index (κ3) is 3.21. The van der Waals surface area contributed by atoms with Gasteiger partial charge < -0.3 is 0 Å². The van der Waals surface area contributed by atoms with Crippen molar-refractivity contribution >= 4 is 0 Å². The van der Waals surface area contributed by atoms with Gasteiger partial charge in [-0.15, -0.1) is 5.26 Å². The first-order valence-electron chi connectivity index (χ1n) is 0.777. The molecule has 0 saturated carbocycles. The second-order valence-electron chi connectivity index (χ2n) is 0.249. The van der Waals surface area contributed by atoms with Gasteiger partial charge in [0.15, 0.2) is 0 Å². The molecule has 5 heavy (non-hydrogen) atoms. The average Bonchev–Trinajstić information content (AvgIpc) is 1.41. The van der Waals surface area contributed by atoms with Crippen LogP contribution in [-0.4, -0.2) is 5.26 Å². The molecule has 0 saturated heterocycles. The molecule has 28 valence electrons. The van der Waals surface area contributed by atoms with E-state index in [4.69, 9.17) is 10.5 Å². The molecule has 0 aromatic heterocycles. The lowest BCUT2D eigenvalue weighted by atomic mass is 11.6. The maximum atomic E-state index is 7.31. The van der Waals surface area contributed by atoms with E-state index in [1.54, 1.807) is 0 Å². The second kappa shape index (κ2) is 3.21. The first-order chi connectivity index (χ1) is 2.41. The third-order valence-electron chi connectivity index (χ3n) is 0.0745. The minimum Gasteiger partial charge on any atom is -0.224 e. The Balaban J connectivity index is 2.48. The number of rotatable bonds is 1. The molecular weight excluding hydrogens is 74.0 g/mol. The second-order valence-corrected chi connectivity index (χ2v) is 0.249. The topological polar surface area (TPSA) is 62.5 Å². The summed E-state index contributed by atoms with van der Waals surface area (Å²) in [5, 5.41) is 17.3. The van der Waals surface area contributed by atoms with Crippen LogP contribution in [0.4, 0.5) is 0 Å². The van der Waals surface area contributed by atoms with E-state index in [-0.39, 0.29) is 0 Å². The first-order valence-corrected chi connectivity index (χ1v) is 0.777. The monoisotopic (exact) mass is 75.0 g/mol. The average molecular weight is 75.0 g/mol. The van der Waals surface area contributed by atoms with E-state index < -0.39 is 0 Å². The molecule has 0 spiro atoms. The van der Waals surface area contributed by atoms with Crippen LogP contribution in [-0.2, 0) is 9.93 Å². The summed E-state index contributed by atoms with van der Waals surface area (Å²) in [6.07, 6.45) is 1.05. The lowest BCUT2D eigenvalue weighted by molar-refractivity contribution is -0.459. The molecule has 0 aliphatic heterocycles. The smallest absolute Gasteiger partial charge is 0.224 e. The standard InChI is InChI=1S/CHNO3/c2-1-4-5-3/h3H. The van der Waals surface area contributed by atoms with E-state index in [2.05, 4.69) is 9.93 Å². The van der Waals surface area contributed by atoms with Gasteiger partial charge in [-0.3, -0.25) is 0 Å². The highest BCUT2D eigenvalue weighted by Crippen LogP contribution is 1.57. The van der Waals surface area contributed by atoms with Crippen molar-refractivity contribution in [1.29, 1.82) is 5.26 Å². The van der Waals surface area contributed by atoms with E-state index in [1.165, 1.54) is 0 Å². The Bertz CT molecular complexity index is 45.3. The Morgan fingerprint density at radius 1 is 1.80 bits per heavy atom. The van der Waals surface area contributed by atoms with Crippen molar-refractivity contribution in [2.45, 2.75) is 0 Å². The molecule has 0 heterocycles. The molecule has 0 atom stereocenters. The van der Waals surface area contributed by atoms with Crippen LogP contribution in [0.2, 0.25) is 0 Å². The van der Waals surface area contributed by atoms with Crippen molar-refractivity contribution in [3.05, 3.63) is 0 Å². The molecule has 0 rings (SSSR count). The fourth-order valence-electron chi connectivity index (χ4n) is 0.0167. The predicted octanol–water partition coefficient (Wildman–Crippen LogP) is -0.111. The normalized spacial score (nSPS) is 5.60. The zero-order valence-electron chi connectivity index (χ0n) is 2.21. The van der Waals surface area contributed by atoms with Crippen LogP contribution >= 0.6 is 0 Å². The SMILES string of the molecule is N#COOO. The molecule has 0 fully saturated rings. The lowest BCUT2D eigenvalue weighted by Crippen LogP contribution is -1.74. The van der Waals surface area contributed by atoms with Gasteiger partial charge in [0.25, 0.3) is 0 Å². The van der Waals surface area contributed by atoms with Crippen molar-refractivity contribution in [2.75, 3.05) is 0 Å². The van der Waals surface area contributed by atoms with Crippen LogP contribution in [0, 0.1) is 11.5 Å². The summed E-state index contributed by atoms with van der Waals surface area (Å²) in [6, 6.07) is 0. The van der Waals surface area contributed by atoms with Crippen molar-refractivity contribution < 1.29 is 15.2 Å². The van der Waals surface area contributed by atoms with Crippen LogP contribution in [0.5, 0.6) is 0 Å². The molecule has 0 radical (unpaired) electrons. The number of nitriles is 1. The molecule has 4 heteroatoms. The summed E-state index contributed by atoms with van der Waals surface area (Å²) in [5.74, 6) is 0. The Hall–Kier alpha value is -0.790. The van der Waals surface area contributed by atoms with Gasteiger partial charge in [-0.1, -0.05) is 0 Å². The van der Waals surface area contributed by atoms with E-state index in [1.807, 2.05) is 0 Å². The summed E-state index contributed by atoms with van der Waals surface area (Å²) in [4.78, 5) is 3.19. The summed E-state index contributed by atoms with van der Waals surface area (Å²) < 4.78 is 0. The number of hydrogen-bond donors (Lipinski definition) is 1. The van der Waals surface area contributed by atoms with Crippen molar-refractivity contribution in [1.82, 2.24) is 0 Å². The zero-order chi connectivity index (χ0) is 4.12. The van der Waals surface area contributed by atoms with Gasteiger partial charge in [0.1, 0.15) is 0 Å². The Morgan fingerprint density at radius 2 is 2.40 bits per heavy atom. The number of nitrogens with zero attached hydrogens (tertiary/aromatic N) is 1. The molecule has 0 unspecified atom stereocenters. The van der Waals surface area contributed by atoms with E-state index in [0.717, 1.165) is 6.26 Å². The van der Waals surface area contributed by atoms with Gasteiger partial charge in [0.2, 0.25) is 0 Å². The Labute approximate surface area is 28.0 Å². The van der Waals surface area contributed by atoms with E-state index >= 15 is 0 Å². The summed E-state index contributed by atoms with van der Waals surface area (Å²) in [7, 11) is 0. The minimum atomic E-state index is 1.05. The van der Waals surface area contributed by atoms with Crippen LogP contribution in [0.15, 0.2) is 0 Å². The molecule has 0 aromatic rings. The van der Waals surface area contributed by atoms with Crippen LogP contribution < -0.4 is 0 Å². The van der Waals surface area contributed by atoms with Gasteiger partial charge >= 0.3 is 6.26 Å². The highest BCUT2D eigenvalue weighted by atomic mass is 17.5. The highest BCUT2D eigenvalue weighted by molar-refractivity contribution is 4.36. The van der Waals surface area contributed by atoms with E-state index in [9.17, 15) is 0 Å². The predicted molar refractivity (Wildman–Crippen MR) is 10.4 cm³/mol. The summed E-state index contributed by atoms with van der Waals surface area (Å²) in [5.41, 5.74) is 0. The van der Waals surface area contributed by atoms with Gasteiger partial charge in [-0.25, -0.2) is 10.1 Å². The summed E-state index contributed by atoms with van der Waals surface area (Å²) in [6.45, 7) is 0. The Kier molecular flexibility index (Phi) is 2.70. The fourth-order valence-corrected chi connectivity index (χ4v) is 0.0167. The van der Waals surface area contributed by atoms with Gasteiger partial charge in [-0.05, 0) is 5.04 Å². The molecule has 0 aliphatic rings. The van der Waals surface area contributed by atoms with Crippen LogP contribution in [0.25, 0.3) is 0 Å². The van der Waals surface area contributed by atoms with Crippen molar-refractivity contribution in [3.63, 3.8) is 0 Å². The highest BCUT2D eigenvalue weighted by Gasteiger charge is 1.62. The molecule has 4 nitrogen and oxygen atoms in total. The lowest BCUT2D eigenvalue weighted by Gasteiger charge is -1.72. The van der Waals surface area contributed by atoms with Crippen LogP contribution in [0.3, 0.4) is 0 Å². The quantitative estimate of drug-likeness (QED) is 0.268. The Morgan fingerprint density at radius 3 is 2.40 bits per heavy atom. The minimum absolute atomic E-state index is 1.05. The van der Waals surface area contributed by atoms with Crippen molar-refractivity contribution in [3.8, 4) is 6.26 Å². The number of hydrogen-bond acceptors (Lipinski definition) is 4.